The molecule has 2 unspecified atom stereocenters. The fraction of sp³-hybridized carbons (Fsp3) is 0.312. The molecule has 2 aliphatic rings. The van der Waals surface area contributed by atoms with Gasteiger partial charge in [0.05, 0.1) is 18.9 Å². The molecule has 0 radical (unpaired) electrons. The number of ether oxygens (including phenoxy) is 2. The van der Waals surface area contributed by atoms with Gasteiger partial charge in [-0.1, -0.05) is 48.0 Å². The number of halogens is 1. The molecular formula is C32H32ClN3O4. The van der Waals surface area contributed by atoms with Crippen LogP contribution in [0.1, 0.15) is 49.1 Å². The Morgan fingerprint density at radius 1 is 1.05 bits per heavy atom. The third-order valence-corrected chi connectivity index (χ3v) is 8.27. The molecule has 0 spiro atoms. The number of benzene rings is 3. The first-order valence-corrected chi connectivity index (χ1v) is 13.9. The van der Waals surface area contributed by atoms with Crippen LogP contribution in [0.3, 0.4) is 0 Å². The first-order valence-electron chi connectivity index (χ1n) is 13.5. The molecule has 3 aromatic carbocycles. The third kappa shape index (κ3) is 4.20. The Balaban J connectivity index is 1.48. The van der Waals surface area contributed by atoms with Crippen molar-refractivity contribution in [3.8, 4) is 11.5 Å². The van der Waals surface area contributed by atoms with Crippen LogP contribution in [0.5, 0.6) is 11.5 Å². The summed E-state index contributed by atoms with van der Waals surface area (Å²) in [7, 11) is 1.63. The minimum atomic E-state index is -1.18. The van der Waals surface area contributed by atoms with Crippen LogP contribution in [0.4, 0.5) is 0 Å². The summed E-state index contributed by atoms with van der Waals surface area (Å²) < 4.78 is 11.6. The standard InChI is InChI=1S/C32H32ClN3O4/c1-19(2)40-26-13-12-21(15-27(26)39-4)24-17-36-28(37)18-35(16-20-8-7-9-22(33)14-20)31(38)32(36,3)30-29(24)23-10-5-6-11-25(23)34-30/h5-15,19,24,34H,16-18H2,1-4H3. The van der Waals surface area contributed by atoms with E-state index in [1.54, 1.807) is 23.0 Å². The molecule has 8 heteroatoms. The number of nitrogens with one attached hydrogen (secondary N) is 1. The minimum absolute atomic E-state index is 0.00204. The second-order valence-electron chi connectivity index (χ2n) is 11.0. The highest BCUT2D eigenvalue weighted by atomic mass is 35.5. The van der Waals surface area contributed by atoms with Crippen molar-refractivity contribution in [2.24, 2.45) is 0 Å². The molecule has 1 N–H and O–H groups in total. The number of piperazine rings is 1. The van der Waals surface area contributed by atoms with Gasteiger partial charge in [0.25, 0.3) is 5.91 Å². The summed E-state index contributed by atoms with van der Waals surface area (Å²) in [6, 6.07) is 21.4. The topological polar surface area (TPSA) is 74.9 Å². The zero-order chi connectivity index (χ0) is 28.2. The molecular weight excluding hydrogens is 526 g/mol. The summed E-state index contributed by atoms with van der Waals surface area (Å²) in [6.45, 7) is 6.50. The summed E-state index contributed by atoms with van der Waals surface area (Å²) in [5.41, 5.74) is 3.40. The number of para-hydroxylation sites is 1. The van der Waals surface area contributed by atoms with Crippen molar-refractivity contribution in [2.45, 2.75) is 44.9 Å². The number of carbonyl (C=O) groups excluding carboxylic acids is 2. The highest BCUT2D eigenvalue weighted by Crippen LogP contribution is 2.49. The predicted octanol–water partition coefficient (Wildman–Crippen LogP) is 5.85. The third-order valence-electron chi connectivity index (χ3n) is 8.03. The minimum Gasteiger partial charge on any atom is -0.493 e. The Morgan fingerprint density at radius 2 is 1.85 bits per heavy atom. The van der Waals surface area contributed by atoms with Crippen molar-refractivity contribution in [3.63, 3.8) is 0 Å². The lowest BCUT2D eigenvalue weighted by Crippen LogP contribution is -2.67. The summed E-state index contributed by atoms with van der Waals surface area (Å²) >= 11 is 6.21. The van der Waals surface area contributed by atoms with Gasteiger partial charge in [0.1, 0.15) is 6.54 Å². The number of fused-ring (bicyclic) bond motifs is 5. The highest BCUT2D eigenvalue weighted by molar-refractivity contribution is 6.30. The molecule has 1 fully saturated rings. The van der Waals surface area contributed by atoms with E-state index in [2.05, 4.69) is 11.1 Å². The van der Waals surface area contributed by atoms with Crippen molar-refractivity contribution < 1.29 is 19.1 Å². The van der Waals surface area contributed by atoms with Crippen LogP contribution < -0.4 is 9.47 Å². The number of hydrogen-bond donors (Lipinski definition) is 1. The van der Waals surface area contributed by atoms with Gasteiger partial charge in [0.15, 0.2) is 17.0 Å². The molecule has 0 bridgehead atoms. The van der Waals surface area contributed by atoms with Gasteiger partial charge >= 0.3 is 0 Å². The van der Waals surface area contributed by atoms with E-state index in [9.17, 15) is 9.59 Å². The second kappa shape index (κ2) is 9.89. The zero-order valence-corrected chi connectivity index (χ0v) is 23.8. The number of carbonyl (C=O) groups is 2. The number of H-pyrrole nitrogens is 1. The van der Waals surface area contributed by atoms with E-state index in [0.717, 1.165) is 33.3 Å². The maximum atomic E-state index is 14.3. The summed E-state index contributed by atoms with van der Waals surface area (Å²) in [5.74, 6) is 0.927. The average molecular weight is 558 g/mol. The van der Waals surface area contributed by atoms with Crippen LogP contribution in [0.15, 0.2) is 66.7 Å². The van der Waals surface area contributed by atoms with E-state index in [1.807, 2.05) is 75.4 Å². The molecule has 0 aliphatic carbocycles. The first-order chi connectivity index (χ1) is 19.2. The number of hydrogen-bond acceptors (Lipinski definition) is 4. The van der Waals surface area contributed by atoms with Gasteiger partial charge in [-0.25, -0.2) is 0 Å². The fourth-order valence-corrected chi connectivity index (χ4v) is 6.42. The summed E-state index contributed by atoms with van der Waals surface area (Å²) in [5, 5.41) is 1.64. The molecule has 2 atom stereocenters. The highest BCUT2D eigenvalue weighted by Gasteiger charge is 2.56. The largest absolute Gasteiger partial charge is 0.493 e. The second-order valence-corrected chi connectivity index (χ2v) is 11.4. The van der Waals surface area contributed by atoms with Crippen molar-refractivity contribution in [2.75, 3.05) is 20.2 Å². The van der Waals surface area contributed by atoms with Crippen molar-refractivity contribution in [3.05, 3.63) is 94.1 Å². The first kappa shape index (κ1) is 26.3. The van der Waals surface area contributed by atoms with Crippen LogP contribution in [-0.2, 0) is 21.7 Å². The maximum Gasteiger partial charge on any atom is 0.255 e. The van der Waals surface area contributed by atoms with Crippen LogP contribution in [0, 0.1) is 0 Å². The fourth-order valence-electron chi connectivity index (χ4n) is 6.21. The molecule has 0 saturated carbocycles. The van der Waals surface area contributed by atoms with Gasteiger partial charge in [0, 0.05) is 34.9 Å². The number of aromatic amines is 1. The van der Waals surface area contributed by atoms with E-state index >= 15 is 0 Å². The number of rotatable bonds is 6. The maximum absolute atomic E-state index is 14.3. The quantitative estimate of drug-likeness (QED) is 0.323. The molecule has 7 nitrogen and oxygen atoms in total. The average Bonchev–Trinajstić information content (AvgIpc) is 3.33. The van der Waals surface area contributed by atoms with Crippen LogP contribution in [0.2, 0.25) is 5.02 Å². The van der Waals surface area contributed by atoms with Crippen molar-refractivity contribution >= 4 is 34.3 Å². The number of methoxy groups -OCH3 is 1. The van der Waals surface area contributed by atoms with E-state index in [0.29, 0.717) is 29.6 Å². The lowest BCUT2D eigenvalue weighted by atomic mass is 9.76. The number of amides is 2. The Hall–Kier alpha value is -3.97. The van der Waals surface area contributed by atoms with Crippen molar-refractivity contribution in [1.29, 1.82) is 0 Å². The molecule has 1 aromatic heterocycles. The Kier molecular flexibility index (Phi) is 6.50. The lowest BCUT2D eigenvalue weighted by molar-refractivity contribution is -0.166. The number of aromatic nitrogens is 1. The Labute approximate surface area is 238 Å². The Bertz CT molecular complexity index is 1630. The van der Waals surface area contributed by atoms with Gasteiger partial charge in [-0.05, 0) is 67.8 Å². The molecule has 2 aliphatic heterocycles. The van der Waals surface area contributed by atoms with Gasteiger partial charge in [-0.15, -0.1) is 0 Å². The summed E-state index contributed by atoms with van der Waals surface area (Å²) in [4.78, 5) is 35.0. The van der Waals surface area contributed by atoms with Crippen LogP contribution in [-0.4, -0.2) is 52.9 Å². The van der Waals surface area contributed by atoms with E-state index in [-0.39, 0.29) is 30.4 Å². The molecule has 1 saturated heterocycles. The van der Waals surface area contributed by atoms with E-state index < -0.39 is 5.54 Å². The van der Waals surface area contributed by atoms with E-state index in [1.165, 1.54) is 0 Å². The van der Waals surface area contributed by atoms with E-state index in [4.69, 9.17) is 21.1 Å². The van der Waals surface area contributed by atoms with Crippen LogP contribution in [0.25, 0.3) is 10.9 Å². The monoisotopic (exact) mass is 557 g/mol. The summed E-state index contributed by atoms with van der Waals surface area (Å²) in [6.07, 6.45) is 0.00204. The molecule has 3 heterocycles. The van der Waals surface area contributed by atoms with Gasteiger partial charge in [0.2, 0.25) is 5.91 Å². The normalized spacial score (nSPS) is 20.6. The molecule has 4 aromatic rings. The zero-order valence-electron chi connectivity index (χ0n) is 23.0. The van der Waals surface area contributed by atoms with Gasteiger partial charge < -0.3 is 24.3 Å². The van der Waals surface area contributed by atoms with Crippen LogP contribution >= 0.6 is 11.6 Å². The molecule has 40 heavy (non-hydrogen) atoms. The number of nitrogens with zero attached hydrogens (tertiary/aromatic N) is 2. The predicted molar refractivity (Wildman–Crippen MR) is 155 cm³/mol. The van der Waals surface area contributed by atoms with Crippen molar-refractivity contribution in [1.82, 2.24) is 14.8 Å². The van der Waals surface area contributed by atoms with Gasteiger partial charge in [-0.2, -0.15) is 0 Å². The molecule has 6 rings (SSSR count). The van der Waals surface area contributed by atoms with Gasteiger partial charge in [-0.3, -0.25) is 9.59 Å². The Morgan fingerprint density at radius 3 is 2.60 bits per heavy atom. The smallest absolute Gasteiger partial charge is 0.255 e. The lowest BCUT2D eigenvalue weighted by Gasteiger charge is -2.51. The SMILES string of the molecule is COc1cc(C2CN3C(=O)CN(Cc4cccc(Cl)c4)C(=O)C3(C)c3[nH]c4ccccc4c32)ccc1OC(C)C. The molecule has 2 amide bonds. The molecule has 206 valence electrons.